The molecular formula is C36H57N5O4S. The van der Waals surface area contributed by atoms with Gasteiger partial charge in [0.15, 0.2) is 11.6 Å². The van der Waals surface area contributed by atoms with Crippen LogP contribution in [-0.2, 0) is 10.8 Å². The van der Waals surface area contributed by atoms with Gasteiger partial charge in [-0.15, -0.1) is 11.3 Å². The van der Waals surface area contributed by atoms with Crippen LogP contribution in [0.1, 0.15) is 158 Å². The summed E-state index contributed by atoms with van der Waals surface area (Å²) >= 11 is 1.54. The number of oxazole rings is 1. The molecule has 3 N–H and O–H groups in total. The van der Waals surface area contributed by atoms with E-state index < -0.39 is 0 Å². The van der Waals surface area contributed by atoms with Gasteiger partial charge in [-0.3, -0.25) is 14.4 Å². The fourth-order valence-corrected chi connectivity index (χ4v) is 4.44. The van der Waals surface area contributed by atoms with E-state index in [1.54, 1.807) is 0 Å². The highest BCUT2D eigenvalue weighted by Gasteiger charge is 2.23. The Kier molecular flexibility index (Phi) is 14.8. The van der Waals surface area contributed by atoms with Crippen LogP contribution in [0.2, 0.25) is 0 Å². The number of nitrogens with one attached hydrogen (secondary N) is 3. The number of carbonyl (C=O) groups is 3. The first-order chi connectivity index (χ1) is 20.9. The van der Waals surface area contributed by atoms with Crippen LogP contribution in [0.5, 0.6) is 0 Å². The highest BCUT2D eigenvalue weighted by atomic mass is 32.1. The maximum Gasteiger partial charge on any atom is 0.273 e. The molecule has 0 spiro atoms. The van der Waals surface area contributed by atoms with Gasteiger partial charge in [-0.1, -0.05) is 67.5 Å². The number of carbonyl (C=O) groups excluding carboxylic acids is 3. The van der Waals surface area contributed by atoms with E-state index in [1.165, 1.54) is 23.2 Å². The minimum atomic E-state index is -0.191. The molecule has 0 aliphatic heterocycles. The zero-order chi connectivity index (χ0) is 35.6. The summed E-state index contributed by atoms with van der Waals surface area (Å²) in [5, 5.41) is 11.4. The van der Waals surface area contributed by atoms with Gasteiger partial charge in [-0.05, 0) is 72.1 Å². The summed E-state index contributed by atoms with van der Waals surface area (Å²) in [6.07, 6.45) is 1.40. The third-order valence-corrected chi connectivity index (χ3v) is 7.19. The van der Waals surface area contributed by atoms with Gasteiger partial charge >= 0.3 is 0 Å². The second-order valence-electron chi connectivity index (χ2n) is 15.3. The molecule has 1 aromatic carbocycles. The lowest BCUT2D eigenvalue weighted by atomic mass is 9.97. The Morgan fingerprint density at radius 2 is 1.20 bits per heavy atom. The lowest BCUT2D eigenvalue weighted by molar-refractivity contribution is 0.0914. The van der Waals surface area contributed by atoms with Gasteiger partial charge in [0.1, 0.15) is 12.0 Å². The highest BCUT2D eigenvalue weighted by Crippen LogP contribution is 2.25. The number of nitrogens with zero attached hydrogens (tertiary/aromatic N) is 2. The van der Waals surface area contributed by atoms with Gasteiger partial charge in [0.05, 0.1) is 5.01 Å². The molecule has 0 saturated heterocycles. The van der Waals surface area contributed by atoms with Gasteiger partial charge in [0.2, 0.25) is 0 Å². The number of thiazole rings is 1. The van der Waals surface area contributed by atoms with Crippen LogP contribution in [0, 0.1) is 0 Å². The van der Waals surface area contributed by atoms with Crippen molar-refractivity contribution in [3.63, 3.8) is 0 Å². The van der Waals surface area contributed by atoms with Crippen LogP contribution in [0.15, 0.2) is 40.3 Å². The fourth-order valence-electron chi connectivity index (χ4n) is 3.55. The Labute approximate surface area is 280 Å². The van der Waals surface area contributed by atoms with Crippen molar-refractivity contribution < 1.29 is 18.8 Å². The summed E-state index contributed by atoms with van der Waals surface area (Å²) in [5.74, 6) is 0.792. The van der Waals surface area contributed by atoms with Crippen LogP contribution in [0.3, 0.4) is 0 Å². The summed E-state index contributed by atoms with van der Waals surface area (Å²) < 4.78 is 5.26. The number of aromatic nitrogens is 2. The van der Waals surface area contributed by atoms with Crippen LogP contribution in [-0.4, -0.2) is 45.3 Å². The standard InChI is InChI=1S/C14H21NO.C11H18N2O2.C11H18N2OS/c1-10(2)11-6-8-12(9-7-11)13(16)15-14(3,4)5;2*1-7(2)12-9(14)8-6-15-10(13-8)11(3,4)5/h6-10H,1-5H3,(H,15,16);2*6-7H,1-5H3,(H,12,14). The van der Waals surface area contributed by atoms with Gasteiger partial charge in [0, 0.05) is 39.4 Å². The molecule has 2 aromatic heterocycles. The first-order valence-corrected chi connectivity index (χ1v) is 16.7. The van der Waals surface area contributed by atoms with E-state index in [4.69, 9.17) is 4.42 Å². The van der Waals surface area contributed by atoms with Gasteiger partial charge < -0.3 is 20.4 Å². The number of amides is 3. The van der Waals surface area contributed by atoms with Crippen molar-refractivity contribution in [2.24, 2.45) is 0 Å². The molecule has 46 heavy (non-hydrogen) atoms. The van der Waals surface area contributed by atoms with Crippen molar-refractivity contribution in [2.75, 3.05) is 0 Å². The monoisotopic (exact) mass is 655 g/mol. The Morgan fingerprint density at radius 1 is 0.696 bits per heavy atom. The van der Waals surface area contributed by atoms with Gasteiger partial charge in [-0.2, -0.15) is 0 Å². The molecule has 0 unspecified atom stereocenters. The summed E-state index contributed by atoms with van der Waals surface area (Å²) in [5.41, 5.74) is 2.50. The number of hydrogen-bond acceptors (Lipinski definition) is 7. The molecule has 9 nitrogen and oxygen atoms in total. The Bertz CT molecular complexity index is 1330. The van der Waals surface area contributed by atoms with Crippen LogP contribution in [0.25, 0.3) is 0 Å². The van der Waals surface area contributed by atoms with Crippen LogP contribution < -0.4 is 16.0 Å². The fraction of sp³-hybridized carbons (Fsp3) is 0.583. The van der Waals surface area contributed by atoms with Crippen molar-refractivity contribution in [2.45, 2.75) is 138 Å². The molecule has 0 bridgehead atoms. The van der Waals surface area contributed by atoms with Crippen LogP contribution in [0.4, 0.5) is 0 Å². The molecule has 0 atom stereocenters. The van der Waals surface area contributed by atoms with E-state index in [1.807, 2.05) is 98.9 Å². The molecule has 3 aromatic rings. The van der Waals surface area contributed by atoms with Gasteiger partial charge in [0.25, 0.3) is 17.7 Å². The topological polar surface area (TPSA) is 126 Å². The maximum atomic E-state index is 11.8. The SMILES string of the molecule is CC(C)NC(=O)c1coc(C(C)(C)C)n1.CC(C)NC(=O)c1csc(C(C)(C)C)n1.CC(C)c1ccc(C(=O)NC(C)(C)C)cc1. The van der Waals surface area contributed by atoms with E-state index in [0.717, 1.165) is 10.6 Å². The van der Waals surface area contributed by atoms with Crippen molar-refractivity contribution in [3.05, 3.63) is 69.3 Å². The predicted molar refractivity (Wildman–Crippen MR) is 189 cm³/mol. The Morgan fingerprint density at radius 3 is 1.57 bits per heavy atom. The predicted octanol–water partition coefficient (Wildman–Crippen LogP) is 8.03. The van der Waals surface area contributed by atoms with Crippen molar-refractivity contribution in [1.29, 1.82) is 0 Å². The molecule has 3 amide bonds. The second kappa shape index (κ2) is 16.9. The van der Waals surface area contributed by atoms with Crippen LogP contribution >= 0.6 is 11.3 Å². The summed E-state index contributed by atoms with van der Waals surface area (Å²) in [4.78, 5) is 43.5. The molecule has 0 fully saturated rings. The van der Waals surface area contributed by atoms with Crippen molar-refractivity contribution in [3.8, 4) is 0 Å². The lowest BCUT2D eigenvalue weighted by Crippen LogP contribution is -2.40. The Balaban J connectivity index is 0.000000345. The third-order valence-electron chi connectivity index (χ3n) is 5.92. The molecule has 256 valence electrons. The van der Waals surface area contributed by atoms with Crippen molar-refractivity contribution >= 4 is 29.1 Å². The molecule has 0 aliphatic carbocycles. The number of benzene rings is 1. The average Bonchev–Trinajstić information content (AvgIpc) is 3.58. The minimum Gasteiger partial charge on any atom is -0.448 e. The molecule has 0 aliphatic rings. The minimum absolute atomic E-state index is 0.0113. The smallest absolute Gasteiger partial charge is 0.273 e. The molecule has 2 heterocycles. The first kappa shape index (κ1) is 40.5. The zero-order valence-electron chi connectivity index (χ0n) is 30.6. The van der Waals surface area contributed by atoms with E-state index >= 15 is 0 Å². The highest BCUT2D eigenvalue weighted by molar-refractivity contribution is 7.10. The molecular weight excluding hydrogens is 598 g/mol. The Hall–Kier alpha value is -3.53. The lowest BCUT2D eigenvalue weighted by Gasteiger charge is -2.20. The van der Waals surface area contributed by atoms with Gasteiger partial charge in [-0.25, -0.2) is 9.97 Å². The average molecular weight is 656 g/mol. The normalized spacial score (nSPS) is 11.8. The largest absolute Gasteiger partial charge is 0.448 e. The molecule has 3 rings (SSSR count). The quantitative estimate of drug-likeness (QED) is 0.247. The third kappa shape index (κ3) is 14.7. The maximum absolute atomic E-state index is 11.8. The van der Waals surface area contributed by atoms with E-state index in [-0.39, 0.29) is 46.2 Å². The molecule has 0 radical (unpaired) electrons. The number of rotatable bonds is 6. The summed E-state index contributed by atoms with van der Waals surface area (Å²) in [7, 11) is 0. The molecule has 10 heteroatoms. The molecule has 0 saturated carbocycles. The number of hydrogen-bond donors (Lipinski definition) is 3. The first-order valence-electron chi connectivity index (χ1n) is 15.9. The summed E-state index contributed by atoms with van der Waals surface area (Å²) in [6, 6.07) is 8.06. The van der Waals surface area contributed by atoms with Crippen molar-refractivity contribution in [1.82, 2.24) is 25.9 Å². The van der Waals surface area contributed by atoms with E-state index in [0.29, 0.717) is 23.2 Å². The summed E-state index contributed by atoms with van der Waals surface area (Å²) in [6.45, 7) is 30.2. The van der Waals surface area contributed by atoms with E-state index in [9.17, 15) is 14.4 Å². The van der Waals surface area contributed by atoms with E-state index in [2.05, 4.69) is 60.5 Å². The second-order valence-corrected chi connectivity index (χ2v) is 16.2. The zero-order valence-corrected chi connectivity index (χ0v) is 31.4.